The van der Waals surface area contributed by atoms with Gasteiger partial charge in [-0.2, -0.15) is 0 Å². The van der Waals surface area contributed by atoms with Crippen LogP contribution in [0.25, 0.3) is 0 Å². The second-order valence-corrected chi connectivity index (χ2v) is 8.01. The van der Waals surface area contributed by atoms with Crippen LogP contribution in [-0.4, -0.2) is 21.5 Å². The van der Waals surface area contributed by atoms with E-state index in [2.05, 4.69) is 64.5 Å². The molecular formula is C13H19BrN4S. The number of thiophene rings is 1. The van der Waals surface area contributed by atoms with Crippen LogP contribution in [-0.2, 0) is 18.5 Å². The van der Waals surface area contributed by atoms with E-state index >= 15 is 0 Å². The molecule has 0 unspecified atom stereocenters. The van der Waals surface area contributed by atoms with E-state index in [0.717, 1.165) is 25.2 Å². The molecule has 2 rings (SSSR count). The van der Waals surface area contributed by atoms with E-state index in [-0.39, 0.29) is 5.54 Å². The molecule has 0 aliphatic heterocycles. The molecule has 4 nitrogen and oxygen atoms in total. The van der Waals surface area contributed by atoms with Gasteiger partial charge in [0.25, 0.3) is 0 Å². The Morgan fingerprint density at radius 1 is 1.37 bits per heavy atom. The lowest BCUT2D eigenvalue weighted by atomic mass is 10.1. The van der Waals surface area contributed by atoms with Crippen molar-refractivity contribution in [1.29, 1.82) is 0 Å². The van der Waals surface area contributed by atoms with Crippen LogP contribution in [0.4, 0.5) is 0 Å². The first kappa shape index (κ1) is 14.7. The minimum absolute atomic E-state index is 0.00546. The van der Waals surface area contributed by atoms with Crippen LogP contribution in [0.15, 0.2) is 22.1 Å². The third-order valence-electron chi connectivity index (χ3n) is 2.71. The Labute approximate surface area is 126 Å². The highest BCUT2D eigenvalue weighted by atomic mass is 79.9. The van der Waals surface area contributed by atoms with Crippen molar-refractivity contribution in [3.8, 4) is 0 Å². The van der Waals surface area contributed by atoms with Gasteiger partial charge < -0.3 is 5.32 Å². The molecule has 19 heavy (non-hydrogen) atoms. The number of hydrogen-bond donors (Lipinski definition) is 1. The first-order chi connectivity index (χ1) is 8.95. The van der Waals surface area contributed by atoms with Crippen LogP contribution in [0.3, 0.4) is 0 Å². The maximum atomic E-state index is 4.18. The maximum Gasteiger partial charge on any atom is 0.0965 e. The van der Waals surface area contributed by atoms with Crippen molar-refractivity contribution < 1.29 is 0 Å². The standard InChI is InChI=1S/C13H19BrN4S/c1-13(2,3)18-9-10(16-17-18)8-15-7-6-11-4-5-12(14)19-11/h4-5,9,15H,6-8H2,1-3H3. The number of halogens is 1. The summed E-state index contributed by atoms with van der Waals surface area (Å²) in [6, 6.07) is 4.25. The molecule has 2 heterocycles. The Kier molecular flexibility index (Phi) is 4.76. The summed E-state index contributed by atoms with van der Waals surface area (Å²) in [4.78, 5) is 1.39. The highest BCUT2D eigenvalue weighted by Gasteiger charge is 2.14. The van der Waals surface area contributed by atoms with Crippen molar-refractivity contribution in [2.75, 3.05) is 6.54 Å². The number of nitrogens with zero attached hydrogens (tertiary/aromatic N) is 3. The smallest absolute Gasteiger partial charge is 0.0965 e. The molecule has 0 saturated heterocycles. The van der Waals surface area contributed by atoms with Crippen molar-refractivity contribution in [3.05, 3.63) is 32.7 Å². The Morgan fingerprint density at radius 3 is 2.74 bits per heavy atom. The lowest BCUT2D eigenvalue weighted by Gasteiger charge is -2.17. The van der Waals surface area contributed by atoms with Gasteiger partial charge in [-0.25, -0.2) is 4.68 Å². The molecule has 1 N–H and O–H groups in total. The summed E-state index contributed by atoms with van der Waals surface area (Å²) in [6.07, 6.45) is 3.05. The minimum Gasteiger partial charge on any atom is -0.311 e. The summed E-state index contributed by atoms with van der Waals surface area (Å²) < 4.78 is 3.09. The van der Waals surface area contributed by atoms with E-state index in [1.165, 1.54) is 8.66 Å². The molecule has 0 spiro atoms. The molecule has 0 fully saturated rings. The molecular weight excluding hydrogens is 324 g/mol. The zero-order valence-corrected chi connectivity index (χ0v) is 13.9. The molecule has 0 bridgehead atoms. The third-order valence-corrected chi connectivity index (χ3v) is 4.39. The van der Waals surface area contributed by atoms with Crippen LogP contribution < -0.4 is 5.32 Å². The van der Waals surface area contributed by atoms with E-state index in [1.807, 2.05) is 10.9 Å². The molecule has 0 aliphatic rings. The lowest BCUT2D eigenvalue weighted by Crippen LogP contribution is -2.22. The minimum atomic E-state index is -0.00546. The molecule has 0 atom stereocenters. The first-order valence-corrected chi connectivity index (χ1v) is 7.93. The average molecular weight is 343 g/mol. The number of hydrogen-bond acceptors (Lipinski definition) is 4. The van der Waals surface area contributed by atoms with E-state index in [0.29, 0.717) is 0 Å². The normalized spacial score (nSPS) is 12.0. The van der Waals surface area contributed by atoms with Crippen molar-refractivity contribution in [2.45, 2.75) is 39.3 Å². The van der Waals surface area contributed by atoms with Crippen molar-refractivity contribution in [3.63, 3.8) is 0 Å². The summed E-state index contributed by atoms with van der Waals surface area (Å²) in [5.74, 6) is 0. The van der Waals surface area contributed by atoms with Gasteiger partial charge in [0.05, 0.1) is 21.2 Å². The monoisotopic (exact) mass is 342 g/mol. The Bertz CT molecular complexity index is 527. The first-order valence-electron chi connectivity index (χ1n) is 6.32. The van der Waals surface area contributed by atoms with Gasteiger partial charge in [-0.15, -0.1) is 16.4 Å². The predicted molar refractivity (Wildman–Crippen MR) is 82.4 cm³/mol. The van der Waals surface area contributed by atoms with Crippen LogP contribution in [0.1, 0.15) is 31.3 Å². The van der Waals surface area contributed by atoms with E-state index in [1.54, 1.807) is 11.3 Å². The van der Waals surface area contributed by atoms with Crippen LogP contribution in [0.2, 0.25) is 0 Å². The highest BCUT2D eigenvalue weighted by Crippen LogP contribution is 2.22. The van der Waals surface area contributed by atoms with Gasteiger partial charge in [-0.05, 0) is 55.3 Å². The van der Waals surface area contributed by atoms with Gasteiger partial charge in [-0.3, -0.25) is 0 Å². The lowest BCUT2D eigenvalue weighted by molar-refractivity contribution is 0.347. The Hall–Kier alpha value is -0.720. The van der Waals surface area contributed by atoms with Gasteiger partial charge in [0.1, 0.15) is 0 Å². The van der Waals surface area contributed by atoms with Crippen molar-refractivity contribution in [1.82, 2.24) is 20.3 Å². The maximum absolute atomic E-state index is 4.18. The van der Waals surface area contributed by atoms with Crippen LogP contribution in [0.5, 0.6) is 0 Å². The number of rotatable bonds is 5. The molecule has 0 amide bonds. The third kappa shape index (κ3) is 4.40. The van der Waals surface area contributed by atoms with Gasteiger partial charge in [-0.1, -0.05) is 5.21 Å². The SMILES string of the molecule is CC(C)(C)n1cc(CNCCc2ccc(Br)s2)nn1. The van der Waals surface area contributed by atoms with Crippen molar-refractivity contribution in [2.24, 2.45) is 0 Å². The van der Waals surface area contributed by atoms with E-state index in [9.17, 15) is 0 Å². The molecule has 0 radical (unpaired) electrons. The van der Waals surface area contributed by atoms with Crippen LogP contribution >= 0.6 is 27.3 Å². The quantitative estimate of drug-likeness (QED) is 0.848. The number of aromatic nitrogens is 3. The Morgan fingerprint density at radius 2 is 2.16 bits per heavy atom. The molecule has 0 aromatic carbocycles. The molecule has 2 aromatic heterocycles. The zero-order chi connectivity index (χ0) is 13.9. The fraction of sp³-hybridized carbons (Fsp3) is 0.538. The summed E-state index contributed by atoms with van der Waals surface area (Å²) in [6.45, 7) is 8.08. The summed E-state index contributed by atoms with van der Waals surface area (Å²) in [5, 5.41) is 11.7. The molecule has 0 saturated carbocycles. The fourth-order valence-electron chi connectivity index (χ4n) is 1.62. The molecule has 104 valence electrons. The fourth-order valence-corrected chi connectivity index (χ4v) is 3.10. The van der Waals surface area contributed by atoms with Crippen molar-refractivity contribution >= 4 is 27.3 Å². The van der Waals surface area contributed by atoms with E-state index < -0.39 is 0 Å². The Balaban J connectivity index is 1.75. The van der Waals surface area contributed by atoms with Gasteiger partial charge in [0, 0.05) is 18.0 Å². The van der Waals surface area contributed by atoms with Gasteiger partial charge in [0.15, 0.2) is 0 Å². The summed E-state index contributed by atoms with van der Waals surface area (Å²) in [5.41, 5.74) is 0.983. The molecule has 6 heteroatoms. The summed E-state index contributed by atoms with van der Waals surface area (Å²) >= 11 is 5.26. The summed E-state index contributed by atoms with van der Waals surface area (Å²) in [7, 11) is 0. The van der Waals surface area contributed by atoms with Gasteiger partial charge in [0.2, 0.25) is 0 Å². The number of nitrogens with one attached hydrogen (secondary N) is 1. The molecule has 0 aliphatic carbocycles. The zero-order valence-electron chi connectivity index (χ0n) is 11.5. The largest absolute Gasteiger partial charge is 0.311 e. The average Bonchev–Trinajstić information content (AvgIpc) is 2.93. The topological polar surface area (TPSA) is 42.7 Å². The van der Waals surface area contributed by atoms with E-state index in [4.69, 9.17) is 0 Å². The van der Waals surface area contributed by atoms with Crippen LogP contribution in [0, 0.1) is 0 Å². The molecule has 2 aromatic rings. The predicted octanol–water partition coefficient (Wildman–Crippen LogP) is 3.19. The second-order valence-electron chi connectivity index (χ2n) is 5.46. The second kappa shape index (κ2) is 6.15. The highest BCUT2D eigenvalue weighted by molar-refractivity contribution is 9.11. The van der Waals surface area contributed by atoms with Gasteiger partial charge >= 0.3 is 0 Å².